The number of rotatable bonds is 6. The minimum Gasteiger partial charge on any atom is -0.349 e. The van der Waals surface area contributed by atoms with Crippen molar-refractivity contribution in [3.05, 3.63) is 99.7 Å². The molecular weight excluding hydrogens is 466 g/mol. The van der Waals surface area contributed by atoms with E-state index >= 15 is 0 Å². The third-order valence-corrected chi connectivity index (χ3v) is 7.29. The highest BCUT2D eigenvalue weighted by molar-refractivity contribution is 5.99. The minimum absolute atomic E-state index is 0.0134. The lowest BCUT2D eigenvalue weighted by Gasteiger charge is -2.32. The fourth-order valence-corrected chi connectivity index (χ4v) is 5.09. The third-order valence-electron chi connectivity index (χ3n) is 7.29. The van der Waals surface area contributed by atoms with E-state index in [-0.39, 0.29) is 29.0 Å². The van der Waals surface area contributed by atoms with Gasteiger partial charge in [0.1, 0.15) is 17.0 Å². The number of amides is 2. The van der Waals surface area contributed by atoms with Crippen molar-refractivity contribution in [2.24, 2.45) is 0 Å². The summed E-state index contributed by atoms with van der Waals surface area (Å²) in [6.45, 7) is 1.36. The Kier molecular flexibility index (Phi) is 6.08. The Labute approximate surface area is 214 Å². The van der Waals surface area contributed by atoms with E-state index in [1.807, 2.05) is 59.2 Å². The highest BCUT2D eigenvalue weighted by atomic mass is 16.2. The zero-order valence-electron chi connectivity index (χ0n) is 20.5. The molecule has 3 heterocycles. The molecule has 1 saturated carbocycles. The molecular formula is C29H29N5O3. The van der Waals surface area contributed by atoms with E-state index < -0.39 is 11.3 Å². The van der Waals surface area contributed by atoms with Gasteiger partial charge in [-0.05, 0) is 43.4 Å². The van der Waals surface area contributed by atoms with Crippen molar-refractivity contribution < 1.29 is 9.59 Å². The molecule has 2 aromatic carbocycles. The standard InChI is InChI=1S/C29H29N5O3/c35-26-22(28(36)30-15-19-7-2-1-3-8-19)17-34(21-12-13-21)18-23(26)29(37)33-14-6-9-20(16-33)27-31-24-10-4-5-11-25(24)32-27/h1-5,7-8,10-11,17-18,20-21H,6,9,12-16H2,(H,30,36)(H,31,32). The smallest absolute Gasteiger partial charge is 0.259 e. The zero-order valence-corrected chi connectivity index (χ0v) is 20.5. The van der Waals surface area contributed by atoms with Crippen molar-refractivity contribution in [2.45, 2.75) is 44.2 Å². The average Bonchev–Trinajstić information content (AvgIpc) is 3.70. The molecule has 4 aromatic rings. The van der Waals surface area contributed by atoms with Gasteiger partial charge in [-0.25, -0.2) is 4.98 Å². The molecule has 0 radical (unpaired) electrons. The molecule has 1 saturated heterocycles. The SMILES string of the molecule is O=C(NCc1ccccc1)c1cn(C2CC2)cc(C(=O)N2CCCC(c3nc4ccccc4[nH]3)C2)c1=O. The van der Waals surface area contributed by atoms with Crippen molar-refractivity contribution in [3.63, 3.8) is 0 Å². The second-order valence-electron chi connectivity index (χ2n) is 9.99. The zero-order chi connectivity index (χ0) is 25.4. The number of aromatic nitrogens is 3. The molecule has 0 bridgehead atoms. The molecule has 2 fully saturated rings. The number of para-hydroxylation sites is 2. The van der Waals surface area contributed by atoms with Crippen LogP contribution in [0.25, 0.3) is 11.0 Å². The van der Waals surface area contributed by atoms with Crippen molar-refractivity contribution >= 4 is 22.8 Å². The lowest BCUT2D eigenvalue weighted by Crippen LogP contribution is -2.42. The van der Waals surface area contributed by atoms with Gasteiger partial charge in [0.15, 0.2) is 0 Å². The molecule has 8 nitrogen and oxygen atoms in total. The maximum atomic E-state index is 13.7. The van der Waals surface area contributed by atoms with Gasteiger partial charge in [-0.1, -0.05) is 42.5 Å². The number of aromatic amines is 1. The summed E-state index contributed by atoms with van der Waals surface area (Å²) in [6.07, 6.45) is 6.92. The quantitative estimate of drug-likeness (QED) is 0.422. The first-order chi connectivity index (χ1) is 18.1. The molecule has 2 amide bonds. The summed E-state index contributed by atoms with van der Waals surface area (Å²) < 4.78 is 1.87. The van der Waals surface area contributed by atoms with Gasteiger partial charge in [-0.15, -0.1) is 0 Å². The van der Waals surface area contributed by atoms with Crippen LogP contribution in [0.1, 0.15) is 69.7 Å². The third kappa shape index (κ3) is 4.79. The lowest BCUT2D eigenvalue weighted by molar-refractivity contribution is 0.0702. The van der Waals surface area contributed by atoms with Crippen LogP contribution in [-0.4, -0.2) is 44.3 Å². The molecule has 2 aromatic heterocycles. The average molecular weight is 496 g/mol. The second kappa shape index (κ2) is 9.69. The first-order valence-corrected chi connectivity index (χ1v) is 12.9. The van der Waals surface area contributed by atoms with E-state index in [0.717, 1.165) is 48.1 Å². The van der Waals surface area contributed by atoms with Crippen LogP contribution < -0.4 is 10.7 Å². The molecule has 37 heavy (non-hydrogen) atoms. The number of H-pyrrole nitrogens is 1. The number of imidazole rings is 1. The summed E-state index contributed by atoms with van der Waals surface area (Å²) in [6, 6.07) is 17.6. The first-order valence-electron chi connectivity index (χ1n) is 12.9. The summed E-state index contributed by atoms with van der Waals surface area (Å²) in [4.78, 5) is 50.0. The number of carbonyl (C=O) groups excluding carboxylic acids is 2. The number of hydrogen-bond acceptors (Lipinski definition) is 4. The van der Waals surface area contributed by atoms with Crippen molar-refractivity contribution in [1.82, 2.24) is 24.8 Å². The van der Waals surface area contributed by atoms with Crippen molar-refractivity contribution in [2.75, 3.05) is 13.1 Å². The van der Waals surface area contributed by atoms with Gasteiger partial charge in [0, 0.05) is 44.0 Å². The monoisotopic (exact) mass is 495 g/mol. The maximum absolute atomic E-state index is 13.7. The Morgan fingerprint density at radius 3 is 2.51 bits per heavy atom. The Balaban J connectivity index is 1.25. The van der Waals surface area contributed by atoms with Crippen LogP contribution in [0.3, 0.4) is 0 Å². The van der Waals surface area contributed by atoms with Crippen LogP contribution in [0, 0.1) is 0 Å². The van der Waals surface area contributed by atoms with E-state index in [9.17, 15) is 14.4 Å². The van der Waals surface area contributed by atoms with E-state index in [1.165, 1.54) is 0 Å². The second-order valence-corrected chi connectivity index (χ2v) is 9.99. The van der Waals surface area contributed by atoms with Gasteiger partial charge in [0.25, 0.3) is 11.8 Å². The van der Waals surface area contributed by atoms with Crippen LogP contribution in [0.5, 0.6) is 0 Å². The van der Waals surface area contributed by atoms with Gasteiger partial charge >= 0.3 is 0 Å². The molecule has 188 valence electrons. The number of nitrogens with zero attached hydrogens (tertiary/aromatic N) is 3. The summed E-state index contributed by atoms with van der Waals surface area (Å²) in [7, 11) is 0. The van der Waals surface area contributed by atoms with E-state index in [1.54, 1.807) is 17.3 Å². The van der Waals surface area contributed by atoms with Crippen LogP contribution in [0.4, 0.5) is 0 Å². The molecule has 1 unspecified atom stereocenters. The van der Waals surface area contributed by atoms with Crippen molar-refractivity contribution in [3.8, 4) is 0 Å². The number of nitrogens with one attached hydrogen (secondary N) is 2. The predicted molar refractivity (Wildman–Crippen MR) is 141 cm³/mol. The Bertz CT molecular complexity index is 1490. The number of benzene rings is 2. The maximum Gasteiger partial charge on any atom is 0.259 e. The van der Waals surface area contributed by atoms with Crippen molar-refractivity contribution in [1.29, 1.82) is 0 Å². The highest BCUT2D eigenvalue weighted by Gasteiger charge is 2.31. The van der Waals surface area contributed by atoms with Gasteiger partial charge in [0.05, 0.1) is 11.0 Å². The molecule has 2 N–H and O–H groups in total. The molecule has 1 aliphatic carbocycles. The first kappa shape index (κ1) is 23.2. The number of likely N-dealkylation sites (tertiary alicyclic amines) is 1. The van der Waals surface area contributed by atoms with Crippen LogP contribution in [0.15, 0.2) is 71.8 Å². The van der Waals surface area contributed by atoms with Gasteiger partial charge < -0.3 is 19.8 Å². The number of pyridine rings is 1. The minimum atomic E-state index is -0.515. The molecule has 1 atom stereocenters. The van der Waals surface area contributed by atoms with Gasteiger partial charge in [-0.2, -0.15) is 0 Å². The Hall–Kier alpha value is -4.20. The Morgan fingerprint density at radius 1 is 0.973 bits per heavy atom. The molecule has 6 rings (SSSR count). The lowest BCUT2D eigenvalue weighted by atomic mass is 9.96. The molecule has 8 heteroatoms. The molecule has 2 aliphatic rings. The normalized spacial score (nSPS) is 17.6. The van der Waals surface area contributed by atoms with E-state index in [2.05, 4.69) is 10.3 Å². The van der Waals surface area contributed by atoms with E-state index in [0.29, 0.717) is 19.6 Å². The predicted octanol–water partition coefficient (Wildman–Crippen LogP) is 4.01. The highest BCUT2D eigenvalue weighted by Crippen LogP contribution is 2.35. The summed E-state index contributed by atoms with van der Waals surface area (Å²) >= 11 is 0. The van der Waals surface area contributed by atoms with E-state index in [4.69, 9.17) is 4.98 Å². The molecule has 1 aliphatic heterocycles. The fraction of sp³-hybridized carbons (Fsp3) is 0.310. The van der Waals surface area contributed by atoms with Crippen LogP contribution >= 0.6 is 0 Å². The fourth-order valence-electron chi connectivity index (χ4n) is 5.09. The summed E-state index contributed by atoms with van der Waals surface area (Å²) in [5, 5.41) is 2.84. The van der Waals surface area contributed by atoms with Crippen LogP contribution in [-0.2, 0) is 6.54 Å². The topological polar surface area (TPSA) is 100 Å². The van der Waals surface area contributed by atoms with Crippen LogP contribution in [0.2, 0.25) is 0 Å². The van der Waals surface area contributed by atoms with Gasteiger partial charge in [-0.3, -0.25) is 14.4 Å². The molecule has 0 spiro atoms. The summed E-state index contributed by atoms with van der Waals surface area (Å²) in [5.41, 5.74) is 2.38. The largest absolute Gasteiger partial charge is 0.349 e. The van der Waals surface area contributed by atoms with Gasteiger partial charge in [0.2, 0.25) is 5.43 Å². The number of piperidine rings is 1. The Morgan fingerprint density at radius 2 is 1.73 bits per heavy atom. The number of hydrogen-bond donors (Lipinski definition) is 2. The number of carbonyl (C=O) groups is 2. The number of fused-ring (bicyclic) bond motifs is 1. The summed E-state index contributed by atoms with van der Waals surface area (Å²) in [5.74, 6) is 0.144.